The maximum Gasteiger partial charge on any atom is 0.303 e. The van der Waals surface area contributed by atoms with Crippen LogP contribution < -0.4 is 9.47 Å². The van der Waals surface area contributed by atoms with Gasteiger partial charge in [0, 0.05) is 6.92 Å². The van der Waals surface area contributed by atoms with Crippen molar-refractivity contribution in [3.63, 3.8) is 0 Å². The van der Waals surface area contributed by atoms with Gasteiger partial charge in [-0.15, -0.1) is 0 Å². The zero-order chi connectivity index (χ0) is 28.2. The largest absolute Gasteiger partial charge is 0.497 e. The van der Waals surface area contributed by atoms with Gasteiger partial charge in [0.05, 0.1) is 31.5 Å². The van der Waals surface area contributed by atoms with Crippen LogP contribution in [0, 0.1) is 0 Å². The number of aliphatic hydroxyl groups excluding tert-OH is 1. The van der Waals surface area contributed by atoms with Gasteiger partial charge in [0.15, 0.2) is 6.10 Å². The number of methoxy groups -OCH3 is 1. The summed E-state index contributed by atoms with van der Waals surface area (Å²) in [4.78, 5) is 39.8. The Balaban J connectivity index is 1.46. The summed E-state index contributed by atoms with van der Waals surface area (Å²) in [6.07, 6.45) is -5.09. The fourth-order valence-electron chi connectivity index (χ4n) is 4.88. The first-order chi connectivity index (χ1) is 19.4. The van der Waals surface area contributed by atoms with Crippen molar-refractivity contribution in [1.29, 1.82) is 0 Å². The van der Waals surface area contributed by atoms with E-state index in [4.69, 9.17) is 23.7 Å². The SMILES string of the molecule is COc1ccc(O[C@@H]2O[C@H](COCc3ccccc3)[C@@H](OC(C)=O)[C@H](O)[C@H]2N2C(=O)c3ccccc3C2=O)cc1. The zero-order valence-electron chi connectivity index (χ0n) is 22.0. The van der Waals surface area contributed by atoms with Crippen molar-refractivity contribution in [2.24, 2.45) is 0 Å². The van der Waals surface area contributed by atoms with Crippen molar-refractivity contribution >= 4 is 17.8 Å². The maximum absolute atomic E-state index is 13.4. The number of imide groups is 1. The van der Waals surface area contributed by atoms with Gasteiger partial charge in [-0.1, -0.05) is 42.5 Å². The van der Waals surface area contributed by atoms with Gasteiger partial charge in [0.2, 0.25) is 6.29 Å². The fraction of sp³-hybridized carbons (Fsp3) is 0.300. The molecule has 1 saturated heterocycles. The number of fused-ring (bicyclic) bond motifs is 1. The minimum atomic E-state index is -1.55. The molecule has 3 aromatic carbocycles. The number of benzene rings is 3. The van der Waals surface area contributed by atoms with Crippen LogP contribution in [0.1, 0.15) is 33.2 Å². The highest BCUT2D eigenvalue weighted by Crippen LogP contribution is 2.35. The summed E-state index contributed by atoms with van der Waals surface area (Å²) in [6, 6.07) is 21.1. The highest BCUT2D eigenvalue weighted by Gasteiger charge is 2.55. The molecule has 0 aliphatic carbocycles. The van der Waals surface area contributed by atoms with E-state index in [0.717, 1.165) is 10.5 Å². The molecule has 1 N–H and O–H groups in total. The molecule has 208 valence electrons. The molecule has 2 heterocycles. The number of aliphatic hydroxyl groups is 1. The van der Waals surface area contributed by atoms with Crippen molar-refractivity contribution in [2.45, 2.75) is 44.2 Å². The summed E-state index contributed by atoms with van der Waals surface area (Å²) >= 11 is 0. The van der Waals surface area contributed by atoms with Crippen LogP contribution in [0.4, 0.5) is 0 Å². The Morgan fingerprint density at radius 3 is 2.10 bits per heavy atom. The second-order valence-electron chi connectivity index (χ2n) is 9.42. The number of carbonyl (C=O) groups excluding carboxylic acids is 3. The van der Waals surface area contributed by atoms with Crippen molar-refractivity contribution in [3.05, 3.63) is 95.6 Å². The van der Waals surface area contributed by atoms with Gasteiger partial charge in [0.1, 0.15) is 29.7 Å². The molecule has 0 aromatic heterocycles. The number of esters is 1. The second-order valence-corrected chi connectivity index (χ2v) is 9.42. The lowest BCUT2D eigenvalue weighted by Crippen LogP contribution is -2.67. The first-order valence-corrected chi connectivity index (χ1v) is 12.8. The Hall–Kier alpha value is -4.25. The van der Waals surface area contributed by atoms with Crippen molar-refractivity contribution in [3.8, 4) is 11.5 Å². The lowest BCUT2D eigenvalue weighted by molar-refractivity contribution is -0.262. The van der Waals surface area contributed by atoms with Crippen molar-refractivity contribution in [2.75, 3.05) is 13.7 Å². The first kappa shape index (κ1) is 27.3. The average molecular weight is 548 g/mol. The highest BCUT2D eigenvalue weighted by atomic mass is 16.7. The number of nitrogens with zero attached hydrogens (tertiary/aromatic N) is 1. The summed E-state index contributed by atoms with van der Waals surface area (Å²) < 4.78 is 28.9. The highest BCUT2D eigenvalue weighted by molar-refractivity contribution is 6.21. The molecule has 10 nitrogen and oxygen atoms in total. The molecular formula is C30H29NO9. The van der Waals surface area contributed by atoms with Gasteiger partial charge in [0.25, 0.3) is 11.8 Å². The van der Waals surface area contributed by atoms with Crippen molar-refractivity contribution < 1.29 is 43.2 Å². The number of hydrogen-bond donors (Lipinski definition) is 1. The average Bonchev–Trinajstić information content (AvgIpc) is 3.21. The molecule has 0 unspecified atom stereocenters. The molecule has 10 heteroatoms. The van der Waals surface area contributed by atoms with E-state index < -0.39 is 48.4 Å². The lowest BCUT2D eigenvalue weighted by atomic mass is 9.95. The minimum absolute atomic E-state index is 0.0682. The molecule has 2 aliphatic heterocycles. The minimum Gasteiger partial charge on any atom is -0.497 e. The van der Waals surface area contributed by atoms with E-state index in [-0.39, 0.29) is 24.3 Å². The summed E-state index contributed by atoms with van der Waals surface area (Å²) in [5.74, 6) is -0.962. The first-order valence-electron chi connectivity index (χ1n) is 12.8. The normalized spacial score (nSPS) is 24.0. The Kier molecular flexibility index (Phi) is 8.11. The lowest BCUT2D eigenvalue weighted by Gasteiger charge is -2.46. The third-order valence-electron chi connectivity index (χ3n) is 6.77. The van der Waals surface area contributed by atoms with Gasteiger partial charge in [-0.3, -0.25) is 19.3 Å². The van der Waals surface area contributed by atoms with Gasteiger partial charge in [-0.25, -0.2) is 0 Å². The Bertz CT molecular complexity index is 1330. The second kappa shape index (κ2) is 11.9. The topological polar surface area (TPSA) is 121 Å². The number of hydrogen-bond acceptors (Lipinski definition) is 9. The smallest absolute Gasteiger partial charge is 0.303 e. The van der Waals surface area contributed by atoms with E-state index in [0.29, 0.717) is 11.5 Å². The summed E-state index contributed by atoms with van der Waals surface area (Å²) in [7, 11) is 1.53. The molecule has 2 aliphatic rings. The fourth-order valence-corrected chi connectivity index (χ4v) is 4.88. The van der Waals surface area contributed by atoms with E-state index in [2.05, 4.69) is 0 Å². The zero-order valence-corrected chi connectivity index (χ0v) is 22.0. The summed E-state index contributed by atoms with van der Waals surface area (Å²) in [5, 5.41) is 11.6. The maximum atomic E-state index is 13.4. The molecule has 0 spiro atoms. The third kappa shape index (κ3) is 5.55. The van der Waals surface area contributed by atoms with Crippen LogP contribution in [0.5, 0.6) is 11.5 Å². The van der Waals surface area contributed by atoms with E-state index in [1.54, 1.807) is 36.4 Å². The van der Waals surface area contributed by atoms with Gasteiger partial charge in [-0.2, -0.15) is 0 Å². The van der Waals surface area contributed by atoms with Gasteiger partial charge in [-0.05, 0) is 42.0 Å². The Morgan fingerprint density at radius 2 is 1.50 bits per heavy atom. The van der Waals surface area contributed by atoms with Crippen LogP contribution in [0.3, 0.4) is 0 Å². The quantitative estimate of drug-likeness (QED) is 0.318. The summed E-state index contributed by atoms with van der Waals surface area (Å²) in [5.41, 5.74) is 1.30. The molecule has 1 fully saturated rings. The molecular weight excluding hydrogens is 518 g/mol. The monoisotopic (exact) mass is 547 g/mol. The molecule has 5 rings (SSSR count). The molecule has 3 aromatic rings. The summed E-state index contributed by atoms with van der Waals surface area (Å²) in [6.45, 7) is 1.38. The van der Waals surface area contributed by atoms with Crippen LogP contribution in [-0.4, -0.2) is 72.2 Å². The molecule has 40 heavy (non-hydrogen) atoms. The van der Waals surface area contributed by atoms with E-state index in [1.807, 2.05) is 30.3 Å². The van der Waals surface area contributed by atoms with Gasteiger partial charge >= 0.3 is 5.97 Å². The third-order valence-corrected chi connectivity index (χ3v) is 6.77. The molecule has 5 atom stereocenters. The van der Waals surface area contributed by atoms with Crippen LogP contribution in [0.25, 0.3) is 0 Å². The number of amides is 2. The van der Waals surface area contributed by atoms with E-state index in [1.165, 1.54) is 26.2 Å². The predicted octanol–water partition coefficient (Wildman–Crippen LogP) is 2.97. The van der Waals surface area contributed by atoms with Crippen molar-refractivity contribution in [1.82, 2.24) is 4.90 Å². The molecule has 0 radical (unpaired) electrons. The van der Waals surface area contributed by atoms with Crippen LogP contribution in [-0.2, 0) is 25.6 Å². The Morgan fingerprint density at radius 1 is 0.900 bits per heavy atom. The Labute approximate surface area is 231 Å². The van der Waals surface area contributed by atoms with E-state index in [9.17, 15) is 19.5 Å². The standard InChI is InChI=1S/C30H29NO9/c1-18(32)38-27-24(17-37-16-19-8-4-3-5-9-19)40-30(39-21-14-12-20(36-2)13-15-21)25(26(27)33)31-28(34)22-10-6-7-11-23(22)29(31)35/h3-15,24-27,30,33H,16-17H2,1-2H3/t24-,25-,26-,27-,30-/m1/s1. The molecule has 0 saturated carbocycles. The molecule has 2 amide bonds. The van der Waals surface area contributed by atoms with Crippen LogP contribution in [0.15, 0.2) is 78.9 Å². The van der Waals surface area contributed by atoms with E-state index >= 15 is 0 Å². The van der Waals surface area contributed by atoms with Crippen LogP contribution >= 0.6 is 0 Å². The number of rotatable bonds is 9. The number of carbonyl (C=O) groups is 3. The molecule has 0 bridgehead atoms. The van der Waals surface area contributed by atoms with Crippen LogP contribution in [0.2, 0.25) is 0 Å². The van der Waals surface area contributed by atoms with Gasteiger partial charge < -0.3 is 28.8 Å². The predicted molar refractivity (Wildman–Crippen MR) is 141 cm³/mol. The number of ether oxygens (including phenoxy) is 5.